The van der Waals surface area contributed by atoms with Crippen molar-refractivity contribution in [3.63, 3.8) is 0 Å². The molecule has 1 rings (SSSR count). The average molecular weight is 194 g/mol. The highest BCUT2D eigenvalue weighted by atomic mass is 19.4. The summed E-state index contributed by atoms with van der Waals surface area (Å²) in [6.07, 6.45) is -1.10. The highest BCUT2D eigenvalue weighted by molar-refractivity contribution is 4.84. The van der Waals surface area contributed by atoms with Crippen molar-refractivity contribution >= 4 is 0 Å². The molecule has 0 aliphatic rings. The summed E-state index contributed by atoms with van der Waals surface area (Å²) in [4.78, 5) is 3.52. The molecule has 0 radical (unpaired) electrons. The standard InChI is InChI=1S/C7H9F3N2O/c8-7(9,10)6(1-4-13)12-3-2-11-5-12/h2-3,5-6,13H,1,4H2/t6-/m1/s1. The van der Waals surface area contributed by atoms with E-state index in [9.17, 15) is 13.2 Å². The largest absolute Gasteiger partial charge is 0.409 e. The summed E-state index contributed by atoms with van der Waals surface area (Å²) >= 11 is 0. The molecule has 0 spiro atoms. The molecule has 0 unspecified atom stereocenters. The Labute approximate surface area is 72.8 Å². The molecule has 0 aliphatic carbocycles. The number of imidazole rings is 1. The number of hydrogen-bond acceptors (Lipinski definition) is 2. The third-order valence-corrected chi connectivity index (χ3v) is 1.67. The van der Waals surface area contributed by atoms with Crippen molar-refractivity contribution in [2.45, 2.75) is 18.6 Å². The normalized spacial score (nSPS) is 14.5. The van der Waals surface area contributed by atoms with Crippen LogP contribution in [-0.2, 0) is 0 Å². The zero-order valence-electron chi connectivity index (χ0n) is 6.70. The fraction of sp³-hybridized carbons (Fsp3) is 0.571. The molecule has 0 saturated carbocycles. The Bertz CT molecular complexity index is 245. The van der Waals surface area contributed by atoms with Crippen LogP contribution in [0, 0.1) is 0 Å². The summed E-state index contributed by atoms with van der Waals surface area (Å²) in [5.41, 5.74) is 0. The third kappa shape index (κ3) is 2.45. The molecule has 1 aromatic rings. The maximum atomic E-state index is 12.3. The van der Waals surface area contributed by atoms with E-state index in [-0.39, 0.29) is 6.42 Å². The molecule has 0 fully saturated rings. The average Bonchev–Trinajstić information content (AvgIpc) is 2.49. The van der Waals surface area contributed by atoms with Crippen LogP contribution >= 0.6 is 0 Å². The Morgan fingerprint density at radius 3 is 2.54 bits per heavy atom. The molecule has 1 atom stereocenters. The number of halogens is 3. The molecule has 3 nitrogen and oxygen atoms in total. The summed E-state index contributed by atoms with van der Waals surface area (Å²) in [5.74, 6) is 0. The molecule has 0 saturated heterocycles. The van der Waals surface area contributed by atoms with Crippen LogP contribution in [0.2, 0.25) is 0 Å². The molecular weight excluding hydrogens is 185 g/mol. The predicted octanol–water partition coefficient (Wildman–Crippen LogP) is 1.37. The first-order chi connectivity index (χ1) is 6.05. The monoisotopic (exact) mass is 194 g/mol. The van der Waals surface area contributed by atoms with Crippen LogP contribution in [0.1, 0.15) is 12.5 Å². The van der Waals surface area contributed by atoms with Gasteiger partial charge in [-0.3, -0.25) is 0 Å². The van der Waals surface area contributed by atoms with Gasteiger partial charge >= 0.3 is 6.18 Å². The van der Waals surface area contributed by atoms with Crippen LogP contribution in [-0.4, -0.2) is 27.4 Å². The van der Waals surface area contributed by atoms with Crippen LogP contribution in [0.25, 0.3) is 0 Å². The van der Waals surface area contributed by atoms with Crippen LogP contribution in [0.3, 0.4) is 0 Å². The topological polar surface area (TPSA) is 38.0 Å². The van der Waals surface area contributed by atoms with Gasteiger partial charge in [-0.2, -0.15) is 13.2 Å². The molecule has 0 bridgehead atoms. The summed E-state index contributed by atoms with van der Waals surface area (Å²) in [7, 11) is 0. The summed E-state index contributed by atoms with van der Waals surface area (Å²) < 4.78 is 37.9. The molecule has 0 amide bonds. The van der Waals surface area contributed by atoms with Gasteiger partial charge in [-0.1, -0.05) is 0 Å². The molecule has 13 heavy (non-hydrogen) atoms. The summed E-state index contributed by atoms with van der Waals surface area (Å²) in [6.45, 7) is -0.498. The van der Waals surface area contributed by atoms with Gasteiger partial charge < -0.3 is 9.67 Å². The minimum atomic E-state index is -4.34. The maximum absolute atomic E-state index is 12.3. The van der Waals surface area contributed by atoms with Gasteiger partial charge in [-0.15, -0.1) is 0 Å². The van der Waals surface area contributed by atoms with Crippen LogP contribution < -0.4 is 0 Å². The predicted molar refractivity (Wildman–Crippen MR) is 39.0 cm³/mol. The molecule has 0 aliphatic heterocycles. The number of aliphatic hydroxyl groups excluding tert-OH is 1. The zero-order chi connectivity index (χ0) is 9.90. The summed E-state index contributed by atoms with van der Waals surface area (Å²) in [5, 5.41) is 8.47. The first-order valence-electron chi connectivity index (χ1n) is 3.70. The Morgan fingerprint density at radius 1 is 1.46 bits per heavy atom. The van der Waals surface area contributed by atoms with Gasteiger partial charge in [0.2, 0.25) is 0 Å². The minimum absolute atomic E-state index is 0.347. The van der Waals surface area contributed by atoms with Crippen molar-refractivity contribution in [2.24, 2.45) is 0 Å². The molecule has 1 aromatic heterocycles. The number of aromatic nitrogens is 2. The van der Waals surface area contributed by atoms with E-state index in [0.717, 1.165) is 10.9 Å². The van der Waals surface area contributed by atoms with E-state index >= 15 is 0 Å². The number of rotatable bonds is 3. The Kier molecular flexibility index (Phi) is 2.92. The van der Waals surface area contributed by atoms with E-state index in [1.807, 2.05) is 0 Å². The van der Waals surface area contributed by atoms with Gasteiger partial charge in [0.05, 0.1) is 6.33 Å². The second kappa shape index (κ2) is 3.78. The lowest BCUT2D eigenvalue weighted by Crippen LogP contribution is -2.26. The van der Waals surface area contributed by atoms with E-state index < -0.39 is 18.8 Å². The van der Waals surface area contributed by atoms with Gasteiger partial charge in [0, 0.05) is 25.4 Å². The summed E-state index contributed by atoms with van der Waals surface area (Å²) in [6, 6.07) is -1.68. The smallest absolute Gasteiger partial charge is 0.396 e. The Hall–Kier alpha value is -1.04. The molecule has 6 heteroatoms. The third-order valence-electron chi connectivity index (χ3n) is 1.67. The maximum Gasteiger partial charge on any atom is 0.409 e. The van der Waals surface area contributed by atoms with Crippen molar-refractivity contribution in [3.8, 4) is 0 Å². The highest BCUT2D eigenvalue weighted by Gasteiger charge is 2.40. The van der Waals surface area contributed by atoms with Gasteiger partial charge in [-0.25, -0.2) is 4.98 Å². The van der Waals surface area contributed by atoms with E-state index in [0.29, 0.717) is 0 Å². The van der Waals surface area contributed by atoms with E-state index in [1.165, 1.54) is 12.4 Å². The van der Waals surface area contributed by atoms with Gasteiger partial charge in [0.15, 0.2) is 0 Å². The number of alkyl halides is 3. The van der Waals surface area contributed by atoms with Crippen LogP contribution in [0.15, 0.2) is 18.7 Å². The van der Waals surface area contributed by atoms with Crippen LogP contribution in [0.5, 0.6) is 0 Å². The van der Waals surface area contributed by atoms with Gasteiger partial charge in [0.25, 0.3) is 0 Å². The number of nitrogens with zero attached hydrogens (tertiary/aromatic N) is 2. The highest BCUT2D eigenvalue weighted by Crippen LogP contribution is 2.32. The fourth-order valence-electron chi connectivity index (χ4n) is 1.06. The fourth-order valence-corrected chi connectivity index (χ4v) is 1.06. The van der Waals surface area contributed by atoms with Crippen LogP contribution in [0.4, 0.5) is 13.2 Å². The van der Waals surface area contributed by atoms with Crippen molar-refractivity contribution in [1.82, 2.24) is 9.55 Å². The van der Waals surface area contributed by atoms with Crippen molar-refractivity contribution in [3.05, 3.63) is 18.7 Å². The van der Waals surface area contributed by atoms with Crippen molar-refractivity contribution in [2.75, 3.05) is 6.61 Å². The molecule has 1 N–H and O–H groups in total. The van der Waals surface area contributed by atoms with Crippen molar-refractivity contribution in [1.29, 1.82) is 0 Å². The SMILES string of the molecule is OCC[C@@H](n1ccnc1)C(F)(F)F. The lowest BCUT2D eigenvalue weighted by Gasteiger charge is -2.20. The van der Waals surface area contributed by atoms with Gasteiger partial charge in [0.1, 0.15) is 6.04 Å². The minimum Gasteiger partial charge on any atom is -0.396 e. The first kappa shape index (κ1) is 10.0. The second-order valence-corrected chi connectivity index (χ2v) is 2.58. The lowest BCUT2D eigenvalue weighted by atomic mass is 10.2. The molecule has 74 valence electrons. The van der Waals surface area contributed by atoms with E-state index in [2.05, 4.69) is 4.98 Å². The molecule has 0 aromatic carbocycles. The van der Waals surface area contributed by atoms with Crippen molar-refractivity contribution < 1.29 is 18.3 Å². The lowest BCUT2D eigenvalue weighted by molar-refractivity contribution is -0.171. The van der Waals surface area contributed by atoms with E-state index in [4.69, 9.17) is 5.11 Å². The first-order valence-corrected chi connectivity index (χ1v) is 3.70. The zero-order valence-corrected chi connectivity index (χ0v) is 6.70. The number of hydrogen-bond donors (Lipinski definition) is 1. The Balaban J connectivity index is 2.81. The number of aliphatic hydroxyl groups is 1. The van der Waals surface area contributed by atoms with Gasteiger partial charge in [-0.05, 0) is 0 Å². The molecule has 1 heterocycles. The Morgan fingerprint density at radius 2 is 2.15 bits per heavy atom. The van der Waals surface area contributed by atoms with E-state index in [1.54, 1.807) is 0 Å². The second-order valence-electron chi connectivity index (χ2n) is 2.58. The quantitative estimate of drug-likeness (QED) is 0.789. The molecular formula is C7H9F3N2O.